The molecule has 0 spiro atoms. The Bertz CT molecular complexity index is 397. The molecular formula is C14H20N2O2. The van der Waals surface area contributed by atoms with Gasteiger partial charge in [0.25, 0.3) is 0 Å². The molecule has 18 heavy (non-hydrogen) atoms. The van der Waals surface area contributed by atoms with Gasteiger partial charge in [-0.15, -0.1) is 0 Å². The Hall–Kier alpha value is -1.55. The molecule has 2 rings (SSSR count). The maximum absolute atomic E-state index is 11.7. The van der Waals surface area contributed by atoms with Crippen molar-refractivity contribution < 1.29 is 9.53 Å². The summed E-state index contributed by atoms with van der Waals surface area (Å²) in [4.78, 5) is 11.7. The van der Waals surface area contributed by atoms with Crippen LogP contribution in [0.5, 0.6) is 5.75 Å². The molecule has 0 radical (unpaired) electrons. The number of hydrogen-bond acceptors (Lipinski definition) is 3. The zero-order valence-electron chi connectivity index (χ0n) is 10.7. The number of nitrogens with one attached hydrogen (secondary N) is 1. The number of amides is 1. The molecule has 2 atom stereocenters. The molecular weight excluding hydrogens is 228 g/mol. The maximum atomic E-state index is 11.7. The third-order valence-corrected chi connectivity index (χ3v) is 3.53. The molecule has 0 aromatic heterocycles. The van der Waals surface area contributed by atoms with E-state index in [-0.39, 0.29) is 17.9 Å². The van der Waals surface area contributed by atoms with Gasteiger partial charge in [0.2, 0.25) is 5.91 Å². The first-order chi connectivity index (χ1) is 8.72. The molecule has 2 unspecified atom stereocenters. The topological polar surface area (TPSA) is 64.3 Å². The lowest BCUT2D eigenvalue weighted by atomic mass is 9.86. The van der Waals surface area contributed by atoms with Crippen LogP contribution in [0.2, 0.25) is 0 Å². The normalized spacial score (nSPS) is 21.3. The van der Waals surface area contributed by atoms with Gasteiger partial charge in [-0.2, -0.15) is 0 Å². The molecule has 1 aromatic rings. The summed E-state index contributed by atoms with van der Waals surface area (Å²) >= 11 is 0. The molecule has 1 saturated heterocycles. The van der Waals surface area contributed by atoms with Gasteiger partial charge in [-0.25, -0.2) is 0 Å². The van der Waals surface area contributed by atoms with Crippen molar-refractivity contribution in [2.24, 2.45) is 5.73 Å². The Morgan fingerprint density at radius 2 is 2.11 bits per heavy atom. The Morgan fingerprint density at radius 1 is 1.39 bits per heavy atom. The van der Waals surface area contributed by atoms with E-state index in [0.29, 0.717) is 0 Å². The molecule has 3 N–H and O–H groups in total. The van der Waals surface area contributed by atoms with Gasteiger partial charge in [0.05, 0.1) is 13.0 Å². The Kier molecular flexibility index (Phi) is 4.20. The highest BCUT2D eigenvalue weighted by atomic mass is 16.5. The molecule has 1 aromatic carbocycles. The fourth-order valence-electron chi connectivity index (χ4n) is 2.57. The van der Waals surface area contributed by atoms with Crippen molar-refractivity contribution in [2.75, 3.05) is 13.7 Å². The Balaban J connectivity index is 2.20. The van der Waals surface area contributed by atoms with E-state index in [2.05, 4.69) is 5.32 Å². The third-order valence-electron chi connectivity index (χ3n) is 3.53. The van der Waals surface area contributed by atoms with Crippen molar-refractivity contribution in [1.82, 2.24) is 5.32 Å². The number of piperidine rings is 1. The van der Waals surface area contributed by atoms with Crippen LogP contribution in [0.25, 0.3) is 0 Å². The number of hydrogen-bond donors (Lipinski definition) is 2. The molecule has 0 aliphatic carbocycles. The van der Waals surface area contributed by atoms with Crippen LogP contribution in [-0.2, 0) is 4.79 Å². The van der Waals surface area contributed by atoms with Crippen molar-refractivity contribution in [1.29, 1.82) is 0 Å². The molecule has 4 heteroatoms. The summed E-state index contributed by atoms with van der Waals surface area (Å²) in [7, 11) is 1.63. The number of nitrogens with two attached hydrogens (primary N) is 1. The van der Waals surface area contributed by atoms with Crippen LogP contribution >= 0.6 is 0 Å². The highest BCUT2D eigenvalue weighted by Gasteiger charge is 2.29. The predicted molar refractivity (Wildman–Crippen MR) is 70.6 cm³/mol. The van der Waals surface area contributed by atoms with E-state index in [0.717, 1.165) is 30.7 Å². The molecule has 1 aliphatic rings. The number of methoxy groups -OCH3 is 1. The van der Waals surface area contributed by atoms with Crippen molar-refractivity contribution in [3.63, 3.8) is 0 Å². The molecule has 1 aliphatic heterocycles. The first-order valence-electron chi connectivity index (χ1n) is 6.39. The standard InChI is InChI=1S/C14H20N2O2/c1-18-11-7-5-10(6-8-11)13(14(15)17)12-4-2-3-9-16-12/h5-8,12-13,16H,2-4,9H2,1H3,(H2,15,17). The quantitative estimate of drug-likeness (QED) is 0.846. The van der Waals surface area contributed by atoms with Gasteiger partial charge in [0.1, 0.15) is 5.75 Å². The van der Waals surface area contributed by atoms with Crippen LogP contribution in [-0.4, -0.2) is 25.6 Å². The number of benzene rings is 1. The maximum Gasteiger partial charge on any atom is 0.226 e. The number of carbonyl (C=O) groups excluding carboxylic acids is 1. The second-order valence-corrected chi connectivity index (χ2v) is 4.71. The smallest absolute Gasteiger partial charge is 0.226 e. The lowest BCUT2D eigenvalue weighted by Crippen LogP contribution is -2.43. The molecule has 98 valence electrons. The monoisotopic (exact) mass is 248 g/mol. The minimum Gasteiger partial charge on any atom is -0.497 e. The van der Waals surface area contributed by atoms with Gasteiger partial charge >= 0.3 is 0 Å². The summed E-state index contributed by atoms with van der Waals surface area (Å²) in [5.41, 5.74) is 6.52. The molecule has 1 amide bonds. The van der Waals surface area contributed by atoms with Crippen LogP contribution in [0, 0.1) is 0 Å². The van der Waals surface area contributed by atoms with Crippen LogP contribution in [0.1, 0.15) is 30.7 Å². The Labute approximate surface area is 108 Å². The van der Waals surface area contributed by atoms with Crippen LogP contribution < -0.4 is 15.8 Å². The van der Waals surface area contributed by atoms with Gasteiger partial charge in [0.15, 0.2) is 0 Å². The van der Waals surface area contributed by atoms with Crippen molar-refractivity contribution >= 4 is 5.91 Å². The summed E-state index contributed by atoms with van der Waals surface area (Å²) in [5.74, 6) is 0.273. The van der Waals surface area contributed by atoms with E-state index in [4.69, 9.17) is 10.5 Å². The number of primary amides is 1. The van der Waals surface area contributed by atoms with Gasteiger partial charge in [-0.1, -0.05) is 18.6 Å². The highest BCUT2D eigenvalue weighted by molar-refractivity contribution is 5.82. The second kappa shape index (κ2) is 5.87. The largest absolute Gasteiger partial charge is 0.497 e. The summed E-state index contributed by atoms with van der Waals surface area (Å²) in [6, 6.07) is 7.74. The van der Waals surface area contributed by atoms with E-state index in [9.17, 15) is 4.79 Å². The highest BCUT2D eigenvalue weighted by Crippen LogP contribution is 2.26. The van der Waals surface area contributed by atoms with E-state index in [1.165, 1.54) is 6.42 Å². The van der Waals surface area contributed by atoms with E-state index in [1.54, 1.807) is 7.11 Å². The van der Waals surface area contributed by atoms with Gasteiger partial charge in [0, 0.05) is 6.04 Å². The SMILES string of the molecule is COc1ccc(C(C(N)=O)C2CCCCN2)cc1. The van der Waals surface area contributed by atoms with Gasteiger partial charge in [-0.3, -0.25) is 4.79 Å². The Morgan fingerprint density at radius 3 is 2.61 bits per heavy atom. The van der Waals surface area contributed by atoms with Crippen LogP contribution in [0.3, 0.4) is 0 Å². The lowest BCUT2D eigenvalue weighted by molar-refractivity contribution is -0.120. The van der Waals surface area contributed by atoms with E-state index in [1.807, 2.05) is 24.3 Å². The number of carbonyl (C=O) groups is 1. The molecule has 4 nitrogen and oxygen atoms in total. The minimum absolute atomic E-state index is 0.157. The molecule has 1 heterocycles. The zero-order chi connectivity index (χ0) is 13.0. The third kappa shape index (κ3) is 2.82. The van der Waals surface area contributed by atoms with Crippen molar-refractivity contribution in [3.8, 4) is 5.75 Å². The molecule has 1 fully saturated rings. The van der Waals surface area contributed by atoms with E-state index >= 15 is 0 Å². The summed E-state index contributed by atoms with van der Waals surface area (Å²) in [5, 5.41) is 3.40. The summed E-state index contributed by atoms with van der Waals surface area (Å²) in [6.07, 6.45) is 3.32. The fraction of sp³-hybridized carbons (Fsp3) is 0.500. The average Bonchev–Trinajstić information content (AvgIpc) is 2.40. The van der Waals surface area contributed by atoms with Crippen molar-refractivity contribution in [2.45, 2.75) is 31.2 Å². The predicted octanol–water partition coefficient (Wildman–Crippen LogP) is 1.41. The average molecular weight is 248 g/mol. The lowest BCUT2D eigenvalue weighted by Gasteiger charge is -2.29. The zero-order valence-corrected chi connectivity index (χ0v) is 10.7. The van der Waals surface area contributed by atoms with E-state index < -0.39 is 0 Å². The second-order valence-electron chi connectivity index (χ2n) is 4.71. The summed E-state index contributed by atoms with van der Waals surface area (Å²) < 4.78 is 5.12. The van der Waals surface area contributed by atoms with Gasteiger partial charge < -0.3 is 15.8 Å². The first-order valence-corrected chi connectivity index (χ1v) is 6.39. The van der Waals surface area contributed by atoms with Crippen LogP contribution in [0.15, 0.2) is 24.3 Å². The molecule has 0 saturated carbocycles. The van der Waals surface area contributed by atoms with Gasteiger partial charge in [-0.05, 0) is 37.1 Å². The van der Waals surface area contributed by atoms with Crippen LogP contribution in [0.4, 0.5) is 0 Å². The first kappa shape index (κ1) is 12.9. The number of rotatable bonds is 4. The number of ether oxygens (including phenoxy) is 1. The minimum atomic E-state index is -0.264. The molecule has 0 bridgehead atoms. The fourth-order valence-corrected chi connectivity index (χ4v) is 2.57. The summed E-state index contributed by atoms with van der Waals surface area (Å²) in [6.45, 7) is 0.963. The van der Waals surface area contributed by atoms with Crippen molar-refractivity contribution in [3.05, 3.63) is 29.8 Å².